The second kappa shape index (κ2) is 7.38. The smallest absolute Gasteiger partial charge is 0.254 e. The van der Waals surface area contributed by atoms with Gasteiger partial charge in [-0.1, -0.05) is 6.07 Å². The molecular weight excluding hydrogens is 372 g/mol. The van der Waals surface area contributed by atoms with Crippen molar-refractivity contribution in [2.24, 2.45) is 0 Å². The van der Waals surface area contributed by atoms with Crippen LogP contribution in [0.5, 0.6) is 5.75 Å². The van der Waals surface area contributed by atoms with Crippen molar-refractivity contribution < 1.29 is 17.9 Å². The van der Waals surface area contributed by atoms with Gasteiger partial charge in [-0.15, -0.1) is 11.3 Å². The fourth-order valence-electron chi connectivity index (χ4n) is 2.70. The van der Waals surface area contributed by atoms with Crippen LogP contribution in [0.25, 0.3) is 0 Å². The first-order valence-corrected chi connectivity index (χ1v) is 10.6. The molecule has 0 radical (unpaired) electrons. The largest absolute Gasteiger partial charge is 0.495 e. The number of nitrogens with zero attached hydrogens (tertiary/aromatic N) is 2. The third-order valence-electron chi connectivity index (χ3n) is 4.32. The van der Waals surface area contributed by atoms with E-state index < -0.39 is 10.0 Å². The first-order chi connectivity index (χ1) is 12.3. The third-order valence-corrected chi connectivity index (χ3v) is 7.02. The van der Waals surface area contributed by atoms with Crippen molar-refractivity contribution in [1.29, 1.82) is 0 Å². The number of methoxy groups -OCH3 is 1. The van der Waals surface area contributed by atoms with Crippen LogP contribution in [0.2, 0.25) is 0 Å². The van der Waals surface area contributed by atoms with Crippen LogP contribution in [0.4, 0.5) is 0 Å². The number of benzene rings is 1. The molecule has 8 heteroatoms. The molecule has 0 unspecified atom stereocenters. The Morgan fingerprint density at radius 3 is 2.54 bits per heavy atom. The van der Waals surface area contributed by atoms with Crippen LogP contribution >= 0.6 is 11.3 Å². The summed E-state index contributed by atoms with van der Waals surface area (Å²) in [5.41, 5.74) is 0.356. The summed E-state index contributed by atoms with van der Waals surface area (Å²) >= 11 is 1.61. The summed E-state index contributed by atoms with van der Waals surface area (Å²) in [5.74, 6) is 0.0743. The van der Waals surface area contributed by atoms with Gasteiger partial charge in [0.25, 0.3) is 5.91 Å². The van der Waals surface area contributed by atoms with Gasteiger partial charge in [-0.05, 0) is 42.5 Å². The maximum absolute atomic E-state index is 13.1. The van der Waals surface area contributed by atoms with E-state index in [0.717, 1.165) is 22.0 Å². The van der Waals surface area contributed by atoms with Gasteiger partial charge >= 0.3 is 0 Å². The van der Waals surface area contributed by atoms with E-state index in [1.165, 1.54) is 27.3 Å². The number of hydrogen-bond acceptors (Lipinski definition) is 5. The number of sulfonamides is 1. The van der Waals surface area contributed by atoms with Crippen molar-refractivity contribution in [3.63, 3.8) is 0 Å². The second-order valence-corrected chi connectivity index (χ2v) is 9.55. The zero-order chi connectivity index (χ0) is 18.9. The number of ether oxygens (including phenoxy) is 1. The summed E-state index contributed by atoms with van der Waals surface area (Å²) in [4.78, 5) is 16.0. The van der Waals surface area contributed by atoms with Crippen LogP contribution in [0.3, 0.4) is 0 Å². The van der Waals surface area contributed by atoms with Crippen molar-refractivity contribution in [3.05, 3.63) is 46.2 Å². The Hall–Kier alpha value is -1.90. The van der Waals surface area contributed by atoms with Gasteiger partial charge in [0.2, 0.25) is 10.0 Å². The lowest BCUT2D eigenvalue weighted by atomic mass is 10.2. The van der Waals surface area contributed by atoms with E-state index in [1.54, 1.807) is 23.5 Å². The maximum Gasteiger partial charge on any atom is 0.254 e. The highest BCUT2D eigenvalue weighted by molar-refractivity contribution is 7.89. The summed E-state index contributed by atoms with van der Waals surface area (Å²) in [6, 6.07) is 8.77. The summed E-state index contributed by atoms with van der Waals surface area (Å²) in [7, 11) is 0.609. The van der Waals surface area contributed by atoms with E-state index in [0.29, 0.717) is 12.1 Å². The van der Waals surface area contributed by atoms with E-state index in [4.69, 9.17) is 4.74 Å². The van der Waals surface area contributed by atoms with Crippen molar-refractivity contribution in [1.82, 2.24) is 9.21 Å². The lowest BCUT2D eigenvalue weighted by Gasteiger charge is -2.23. The number of amides is 1. The fourth-order valence-corrected chi connectivity index (χ4v) is 4.47. The molecule has 1 aromatic carbocycles. The minimum Gasteiger partial charge on any atom is -0.495 e. The molecule has 0 atom stereocenters. The Morgan fingerprint density at radius 1 is 1.27 bits per heavy atom. The van der Waals surface area contributed by atoms with Gasteiger partial charge in [-0.3, -0.25) is 4.79 Å². The van der Waals surface area contributed by atoms with E-state index in [2.05, 4.69) is 0 Å². The van der Waals surface area contributed by atoms with E-state index >= 15 is 0 Å². The van der Waals surface area contributed by atoms with Gasteiger partial charge in [0, 0.05) is 30.6 Å². The molecule has 6 nitrogen and oxygen atoms in total. The Balaban J connectivity index is 1.96. The molecule has 0 aliphatic heterocycles. The van der Waals surface area contributed by atoms with Crippen molar-refractivity contribution in [2.75, 3.05) is 21.2 Å². The SMILES string of the molecule is COc1ccc(C(=O)N(Cc2cccs2)C2CC2)cc1S(=O)(=O)N(C)C. The molecule has 1 aliphatic rings. The van der Waals surface area contributed by atoms with Crippen LogP contribution in [0.1, 0.15) is 28.1 Å². The normalized spacial score (nSPS) is 14.5. The van der Waals surface area contributed by atoms with Crippen LogP contribution < -0.4 is 4.74 Å². The molecule has 26 heavy (non-hydrogen) atoms. The quantitative estimate of drug-likeness (QED) is 0.724. The zero-order valence-electron chi connectivity index (χ0n) is 15.0. The predicted octanol–water partition coefficient (Wildman–Crippen LogP) is 2.81. The fraction of sp³-hybridized carbons (Fsp3) is 0.389. The standard InChI is InChI=1S/C18H22N2O4S2/c1-19(2)26(22,23)17-11-13(6-9-16(17)24-3)18(21)20(14-7-8-14)12-15-5-4-10-25-15/h4-6,9-11,14H,7-8,12H2,1-3H3. The predicted molar refractivity (Wildman–Crippen MR) is 101 cm³/mol. The summed E-state index contributed by atoms with van der Waals surface area (Å²) in [5, 5.41) is 1.99. The lowest BCUT2D eigenvalue weighted by Crippen LogP contribution is -2.32. The van der Waals surface area contributed by atoms with Crippen molar-refractivity contribution in [3.8, 4) is 5.75 Å². The van der Waals surface area contributed by atoms with E-state index in [1.807, 2.05) is 22.4 Å². The molecule has 0 bridgehead atoms. The van der Waals surface area contributed by atoms with Crippen LogP contribution in [0, 0.1) is 0 Å². The molecular formula is C18H22N2O4S2. The monoisotopic (exact) mass is 394 g/mol. The number of carbonyl (C=O) groups is 1. The van der Waals surface area contributed by atoms with Gasteiger partial charge in [-0.25, -0.2) is 12.7 Å². The molecule has 3 rings (SSSR count). The molecule has 0 N–H and O–H groups in total. The molecule has 1 fully saturated rings. The lowest BCUT2D eigenvalue weighted by molar-refractivity contribution is 0.0731. The maximum atomic E-state index is 13.1. The third kappa shape index (κ3) is 3.77. The number of carbonyl (C=O) groups excluding carboxylic acids is 1. The minimum atomic E-state index is -3.72. The Bertz CT molecular complexity index is 888. The highest BCUT2D eigenvalue weighted by Crippen LogP contribution is 2.32. The average molecular weight is 395 g/mol. The Labute approximate surface area is 158 Å². The molecule has 2 aromatic rings. The topological polar surface area (TPSA) is 66.9 Å². The molecule has 140 valence electrons. The molecule has 1 amide bonds. The first kappa shape index (κ1) is 18.9. The van der Waals surface area contributed by atoms with Crippen LogP contribution in [-0.2, 0) is 16.6 Å². The highest BCUT2D eigenvalue weighted by Gasteiger charge is 2.34. The van der Waals surface area contributed by atoms with E-state index in [-0.39, 0.29) is 22.6 Å². The Kier molecular flexibility index (Phi) is 5.36. The average Bonchev–Trinajstić information content (AvgIpc) is 3.34. The van der Waals surface area contributed by atoms with Gasteiger partial charge < -0.3 is 9.64 Å². The zero-order valence-corrected chi connectivity index (χ0v) is 16.6. The summed E-state index contributed by atoms with van der Waals surface area (Å²) in [6.45, 7) is 0.545. The molecule has 1 saturated carbocycles. The van der Waals surface area contributed by atoms with Crippen molar-refractivity contribution >= 4 is 27.3 Å². The molecule has 0 saturated heterocycles. The Morgan fingerprint density at radius 2 is 2.00 bits per heavy atom. The van der Waals surface area contributed by atoms with Gasteiger partial charge in [0.05, 0.1) is 13.7 Å². The number of hydrogen-bond donors (Lipinski definition) is 0. The molecule has 0 spiro atoms. The molecule has 1 heterocycles. The van der Waals surface area contributed by atoms with Crippen molar-refractivity contribution in [2.45, 2.75) is 30.3 Å². The summed E-state index contributed by atoms with van der Waals surface area (Å²) in [6.07, 6.45) is 1.96. The minimum absolute atomic E-state index is 0.00252. The molecule has 1 aliphatic carbocycles. The van der Waals surface area contributed by atoms with Crippen LogP contribution in [0.15, 0.2) is 40.6 Å². The summed E-state index contributed by atoms with van der Waals surface area (Å²) < 4.78 is 31.5. The number of rotatable bonds is 7. The van der Waals surface area contributed by atoms with E-state index in [9.17, 15) is 13.2 Å². The molecule has 1 aromatic heterocycles. The van der Waals surface area contributed by atoms with Crippen LogP contribution in [-0.4, -0.2) is 50.8 Å². The highest BCUT2D eigenvalue weighted by atomic mass is 32.2. The van der Waals surface area contributed by atoms with Gasteiger partial charge in [0.15, 0.2) is 0 Å². The first-order valence-electron chi connectivity index (χ1n) is 8.28. The number of thiophene rings is 1. The van der Waals surface area contributed by atoms with Gasteiger partial charge in [0.1, 0.15) is 10.6 Å². The van der Waals surface area contributed by atoms with Gasteiger partial charge in [-0.2, -0.15) is 0 Å². The second-order valence-electron chi connectivity index (χ2n) is 6.40.